The van der Waals surface area contributed by atoms with E-state index >= 15 is 0 Å². The first kappa shape index (κ1) is 16.8. The molecule has 1 unspecified atom stereocenters. The van der Waals surface area contributed by atoms with Crippen molar-refractivity contribution in [3.63, 3.8) is 0 Å². The summed E-state index contributed by atoms with van der Waals surface area (Å²) in [5.41, 5.74) is 0.348. The lowest BCUT2D eigenvalue weighted by Gasteiger charge is -2.17. The van der Waals surface area contributed by atoms with Crippen LogP contribution in [0.25, 0.3) is 0 Å². The first-order valence-corrected chi connectivity index (χ1v) is 9.96. The highest BCUT2D eigenvalue weighted by Gasteiger charge is 2.27. The normalized spacial score (nSPS) is 19.0. The van der Waals surface area contributed by atoms with E-state index in [4.69, 9.17) is 10.7 Å². The van der Waals surface area contributed by atoms with Gasteiger partial charge < -0.3 is 4.90 Å². The third-order valence-corrected chi connectivity index (χ3v) is 5.46. The zero-order valence-electron chi connectivity index (χ0n) is 11.7. The van der Waals surface area contributed by atoms with Crippen molar-refractivity contribution in [1.29, 1.82) is 0 Å². The van der Waals surface area contributed by atoms with Crippen molar-refractivity contribution in [2.24, 2.45) is 5.92 Å². The molecule has 1 fully saturated rings. The second-order valence-corrected chi connectivity index (χ2v) is 8.79. The smallest absolute Gasteiger partial charge is 0.261 e. The topological polar surface area (TPSA) is 54.5 Å². The molecule has 1 amide bonds. The Kier molecular flexibility index (Phi) is 5.33. The van der Waals surface area contributed by atoms with Gasteiger partial charge in [-0.25, -0.2) is 8.42 Å². The summed E-state index contributed by atoms with van der Waals surface area (Å²) in [6, 6.07) is 4.35. The Morgan fingerprint density at radius 1 is 1.43 bits per heavy atom. The van der Waals surface area contributed by atoms with Crippen LogP contribution in [0.4, 0.5) is 0 Å². The van der Waals surface area contributed by atoms with Crippen LogP contribution in [0.2, 0.25) is 0 Å². The molecule has 7 heteroatoms. The Bertz CT molecular complexity index is 648. The molecule has 0 N–H and O–H groups in total. The lowest BCUT2D eigenvalue weighted by Crippen LogP contribution is -2.28. The van der Waals surface area contributed by atoms with Gasteiger partial charge in [0.2, 0.25) is 0 Å². The minimum absolute atomic E-state index is 0.0637. The summed E-state index contributed by atoms with van der Waals surface area (Å²) in [6.07, 6.45) is 3.23. The lowest BCUT2D eigenvalue weighted by atomic mass is 10.0. The van der Waals surface area contributed by atoms with Gasteiger partial charge in [0.15, 0.2) is 0 Å². The molecular weight excluding hydrogens is 378 g/mol. The quantitative estimate of drug-likeness (QED) is 0.733. The molecular formula is C14H17BrClNO3S. The van der Waals surface area contributed by atoms with E-state index in [-0.39, 0.29) is 10.8 Å². The van der Waals surface area contributed by atoms with E-state index in [0.717, 1.165) is 32.4 Å². The third-order valence-electron chi connectivity index (χ3n) is 3.67. The van der Waals surface area contributed by atoms with Gasteiger partial charge in [0.25, 0.3) is 15.0 Å². The Balaban J connectivity index is 2.22. The van der Waals surface area contributed by atoms with E-state index < -0.39 is 9.05 Å². The van der Waals surface area contributed by atoms with Gasteiger partial charge >= 0.3 is 0 Å². The fraction of sp³-hybridized carbons (Fsp3) is 0.500. The number of carbonyl (C=O) groups excluding carboxylic acids is 1. The summed E-state index contributed by atoms with van der Waals surface area (Å²) < 4.78 is 23.4. The first-order valence-electron chi connectivity index (χ1n) is 6.85. The number of hydrogen-bond acceptors (Lipinski definition) is 3. The number of likely N-dealkylation sites (tertiary alicyclic amines) is 1. The van der Waals surface area contributed by atoms with E-state index in [0.29, 0.717) is 16.0 Å². The van der Waals surface area contributed by atoms with Gasteiger partial charge in [0.05, 0.1) is 4.90 Å². The highest BCUT2D eigenvalue weighted by molar-refractivity contribution is 9.10. The molecule has 0 aromatic heterocycles. The molecule has 0 bridgehead atoms. The zero-order chi connectivity index (χ0) is 15.6. The van der Waals surface area contributed by atoms with Crippen LogP contribution < -0.4 is 0 Å². The summed E-state index contributed by atoms with van der Waals surface area (Å²) in [7, 11) is 1.50. The summed E-state index contributed by atoms with van der Waals surface area (Å²) in [6.45, 7) is 3.59. The second-order valence-electron chi connectivity index (χ2n) is 5.31. The number of amides is 1. The predicted octanol–water partition coefficient (Wildman–Crippen LogP) is 3.64. The van der Waals surface area contributed by atoms with Crippen LogP contribution in [0.15, 0.2) is 27.6 Å². The average molecular weight is 395 g/mol. The van der Waals surface area contributed by atoms with Crippen molar-refractivity contribution in [1.82, 2.24) is 4.90 Å². The fourth-order valence-corrected chi connectivity index (χ4v) is 4.12. The SMILES string of the molecule is CCCC1CCN(C(=O)c2cc(Br)cc(S(=O)(=O)Cl)c2)C1. The molecule has 4 nitrogen and oxygen atoms in total. The van der Waals surface area contributed by atoms with Crippen LogP contribution in [-0.2, 0) is 9.05 Å². The van der Waals surface area contributed by atoms with Crippen molar-refractivity contribution >= 4 is 41.6 Å². The fourth-order valence-electron chi connectivity index (χ4n) is 2.67. The van der Waals surface area contributed by atoms with Crippen LogP contribution >= 0.6 is 26.6 Å². The molecule has 1 aromatic carbocycles. The van der Waals surface area contributed by atoms with Gasteiger partial charge in [-0.05, 0) is 37.0 Å². The molecule has 0 aliphatic carbocycles. The monoisotopic (exact) mass is 393 g/mol. The molecule has 0 radical (unpaired) electrons. The summed E-state index contributed by atoms with van der Waals surface area (Å²) >= 11 is 3.23. The van der Waals surface area contributed by atoms with Crippen LogP contribution in [0.3, 0.4) is 0 Å². The molecule has 2 rings (SSSR count). The molecule has 1 aliphatic rings. The van der Waals surface area contributed by atoms with E-state index in [1.54, 1.807) is 11.0 Å². The number of nitrogens with zero attached hydrogens (tertiary/aromatic N) is 1. The minimum Gasteiger partial charge on any atom is -0.338 e. The largest absolute Gasteiger partial charge is 0.338 e. The van der Waals surface area contributed by atoms with Crippen LogP contribution in [0.1, 0.15) is 36.5 Å². The zero-order valence-corrected chi connectivity index (χ0v) is 14.8. The van der Waals surface area contributed by atoms with E-state index in [2.05, 4.69) is 22.9 Å². The number of benzene rings is 1. The number of rotatable bonds is 4. The molecule has 1 atom stereocenters. The molecule has 1 saturated heterocycles. The molecule has 21 heavy (non-hydrogen) atoms. The first-order chi connectivity index (χ1) is 9.81. The summed E-state index contributed by atoms with van der Waals surface area (Å²) in [5.74, 6) is 0.402. The van der Waals surface area contributed by atoms with Gasteiger partial charge in [0, 0.05) is 33.8 Å². The van der Waals surface area contributed by atoms with E-state index in [1.165, 1.54) is 12.1 Å². The molecule has 1 aliphatic heterocycles. The standard InChI is InChI=1S/C14H17BrClNO3S/c1-2-3-10-4-5-17(9-10)14(18)11-6-12(15)8-13(7-11)21(16,19)20/h6-8,10H,2-5,9H2,1H3. The molecule has 0 saturated carbocycles. The Morgan fingerprint density at radius 2 is 2.14 bits per heavy atom. The predicted molar refractivity (Wildman–Crippen MR) is 86.1 cm³/mol. The van der Waals surface area contributed by atoms with Gasteiger partial charge in [-0.2, -0.15) is 0 Å². The van der Waals surface area contributed by atoms with Crippen molar-refractivity contribution in [3.8, 4) is 0 Å². The summed E-state index contributed by atoms with van der Waals surface area (Å²) in [5, 5.41) is 0. The maximum Gasteiger partial charge on any atom is 0.261 e. The Labute approximate surface area is 138 Å². The minimum atomic E-state index is -3.85. The van der Waals surface area contributed by atoms with E-state index in [9.17, 15) is 13.2 Å². The van der Waals surface area contributed by atoms with Crippen molar-refractivity contribution in [3.05, 3.63) is 28.2 Å². The molecule has 116 valence electrons. The summed E-state index contributed by atoms with van der Waals surface area (Å²) in [4.78, 5) is 14.2. The van der Waals surface area contributed by atoms with Crippen LogP contribution in [0, 0.1) is 5.92 Å². The number of halogens is 2. The maximum absolute atomic E-state index is 12.5. The van der Waals surface area contributed by atoms with Crippen molar-refractivity contribution in [2.75, 3.05) is 13.1 Å². The Hall–Kier alpha value is -0.590. The van der Waals surface area contributed by atoms with Crippen molar-refractivity contribution < 1.29 is 13.2 Å². The third kappa shape index (κ3) is 4.20. The number of hydrogen-bond donors (Lipinski definition) is 0. The molecule has 1 aromatic rings. The van der Waals surface area contributed by atoms with Crippen LogP contribution in [0.5, 0.6) is 0 Å². The maximum atomic E-state index is 12.5. The van der Waals surface area contributed by atoms with E-state index in [1.807, 2.05) is 0 Å². The highest BCUT2D eigenvalue weighted by atomic mass is 79.9. The second kappa shape index (κ2) is 6.67. The van der Waals surface area contributed by atoms with Gasteiger partial charge in [-0.1, -0.05) is 29.3 Å². The lowest BCUT2D eigenvalue weighted by molar-refractivity contribution is 0.0786. The highest BCUT2D eigenvalue weighted by Crippen LogP contribution is 2.26. The van der Waals surface area contributed by atoms with Crippen LogP contribution in [-0.4, -0.2) is 32.3 Å². The molecule has 0 spiro atoms. The molecule has 1 heterocycles. The Morgan fingerprint density at radius 3 is 2.76 bits per heavy atom. The average Bonchev–Trinajstić information content (AvgIpc) is 2.85. The van der Waals surface area contributed by atoms with Gasteiger partial charge in [0.1, 0.15) is 0 Å². The number of carbonyl (C=O) groups is 1. The van der Waals surface area contributed by atoms with Crippen molar-refractivity contribution in [2.45, 2.75) is 31.1 Å². The van der Waals surface area contributed by atoms with Gasteiger partial charge in [-0.3, -0.25) is 4.79 Å². The van der Waals surface area contributed by atoms with Gasteiger partial charge in [-0.15, -0.1) is 0 Å².